The number of nitrogens with zero attached hydrogens (tertiary/aromatic N) is 2. The third-order valence-corrected chi connectivity index (χ3v) is 7.09. The lowest BCUT2D eigenvalue weighted by Gasteiger charge is -2.31. The van der Waals surface area contributed by atoms with Crippen molar-refractivity contribution in [2.24, 2.45) is 0 Å². The Morgan fingerprint density at radius 3 is 2.72 bits per heavy atom. The number of fused-ring (bicyclic) bond motifs is 5. The summed E-state index contributed by atoms with van der Waals surface area (Å²) in [6.45, 7) is 2.15. The fourth-order valence-electron chi connectivity index (χ4n) is 4.75. The molecule has 0 fully saturated rings. The van der Waals surface area contributed by atoms with Crippen molar-refractivity contribution in [2.75, 3.05) is 0 Å². The van der Waals surface area contributed by atoms with Gasteiger partial charge in [-0.2, -0.15) is 0 Å². The number of nitrogens with one attached hydrogen (secondary N) is 1. The molecular formula is C24H20ClF2N3O6. The molecule has 0 saturated heterocycles. The Balaban J connectivity index is 1.79. The molecule has 3 aromatic rings. The number of aliphatic hydroxyl groups is 2. The molecule has 0 spiro atoms. The van der Waals surface area contributed by atoms with Crippen molar-refractivity contribution >= 4 is 34.4 Å². The molecule has 2 aromatic heterocycles. The molecule has 9 nitrogen and oxygen atoms in total. The van der Waals surface area contributed by atoms with Crippen LogP contribution in [0.5, 0.6) is 0 Å². The normalized spacial score (nSPS) is 18.9. The standard InChI is InChI=1S/C24H20ClF2N3O6/c1-3-24(35)13-4-16-20-11(7-30(16)22(33)12(13)8-36-23(24)34)10(6-28-21(32)9(2)31)17-15(29-20)5-14(26)18(25)19(17)27/h4-5,9,31,35H,3,6-8H2,1-2H3,(H,28,32)/t9-,24+/m1/s1. The lowest BCUT2D eigenvalue weighted by Crippen LogP contribution is -2.44. The molecule has 0 saturated carbocycles. The largest absolute Gasteiger partial charge is 0.458 e. The molecule has 0 bridgehead atoms. The van der Waals surface area contributed by atoms with Crippen molar-refractivity contribution in [2.45, 2.75) is 51.7 Å². The molecule has 188 valence electrons. The fraction of sp³-hybridized carbons (Fsp3) is 0.333. The molecule has 5 rings (SSSR count). The zero-order chi connectivity index (χ0) is 26.1. The summed E-state index contributed by atoms with van der Waals surface area (Å²) >= 11 is 5.82. The van der Waals surface area contributed by atoms with Crippen molar-refractivity contribution in [1.29, 1.82) is 0 Å². The van der Waals surface area contributed by atoms with Gasteiger partial charge in [-0.1, -0.05) is 18.5 Å². The first-order valence-corrected chi connectivity index (χ1v) is 11.5. The van der Waals surface area contributed by atoms with E-state index in [4.69, 9.17) is 16.3 Å². The molecule has 0 aliphatic carbocycles. The van der Waals surface area contributed by atoms with Gasteiger partial charge in [0.2, 0.25) is 5.91 Å². The van der Waals surface area contributed by atoms with Crippen molar-refractivity contribution in [3.63, 3.8) is 0 Å². The number of aromatic nitrogens is 2. The third-order valence-electron chi connectivity index (χ3n) is 6.75. The van der Waals surface area contributed by atoms with Crippen LogP contribution in [0.15, 0.2) is 16.9 Å². The molecule has 3 N–H and O–H groups in total. The Kier molecular flexibility index (Phi) is 5.62. The Labute approximate surface area is 207 Å². The first-order chi connectivity index (χ1) is 17.0. The van der Waals surface area contributed by atoms with E-state index in [2.05, 4.69) is 10.3 Å². The van der Waals surface area contributed by atoms with Gasteiger partial charge in [-0.15, -0.1) is 0 Å². The topological polar surface area (TPSA) is 131 Å². The molecule has 2 aliphatic rings. The van der Waals surface area contributed by atoms with E-state index in [0.717, 1.165) is 6.07 Å². The summed E-state index contributed by atoms with van der Waals surface area (Å²) in [6, 6.07) is 2.41. The summed E-state index contributed by atoms with van der Waals surface area (Å²) in [6.07, 6.45) is -1.39. The highest BCUT2D eigenvalue weighted by atomic mass is 35.5. The van der Waals surface area contributed by atoms with Crippen LogP contribution in [0.2, 0.25) is 5.02 Å². The van der Waals surface area contributed by atoms with Crippen LogP contribution in [0, 0.1) is 11.6 Å². The molecule has 1 amide bonds. The zero-order valence-electron chi connectivity index (χ0n) is 19.1. The van der Waals surface area contributed by atoms with Gasteiger partial charge in [0, 0.05) is 29.1 Å². The summed E-state index contributed by atoms with van der Waals surface area (Å²) in [7, 11) is 0. The minimum atomic E-state index is -2.04. The smallest absolute Gasteiger partial charge is 0.343 e. The van der Waals surface area contributed by atoms with Gasteiger partial charge in [-0.25, -0.2) is 18.6 Å². The molecule has 0 radical (unpaired) electrons. The van der Waals surface area contributed by atoms with Gasteiger partial charge in [0.15, 0.2) is 11.4 Å². The van der Waals surface area contributed by atoms with Crippen LogP contribution in [0.4, 0.5) is 8.78 Å². The third kappa shape index (κ3) is 3.34. The molecule has 2 aliphatic heterocycles. The molecule has 0 unspecified atom stereocenters. The number of benzene rings is 1. The second kappa shape index (κ2) is 8.32. The maximum Gasteiger partial charge on any atom is 0.343 e. The van der Waals surface area contributed by atoms with Gasteiger partial charge < -0.3 is 24.8 Å². The van der Waals surface area contributed by atoms with E-state index >= 15 is 4.39 Å². The van der Waals surface area contributed by atoms with E-state index in [-0.39, 0.29) is 65.1 Å². The van der Waals surface area contributed by atoms with E-state index in [9.17, 15) is 29.0 Å². The summed E-state index contributed by atoms with van der Waals surface area (Å²) in [5.41, 5.74) is -1.51. The monoisotopic (exact) mass is 519 g/mol. The first-order valence-electron chi connectivity index (χ1n) is 11.1. The number of carbonyl (C=O) groups excluding carboxylic acids is 2. The first kappa shape index (κ1) is 24.3. The van der Waals surface area contributed by atoms with Crippen molar-refractivity contribution in [3.05, 3.63) is 61.4 Å². The van der Waals surface area contributed by atoms with Crippen LogP contribution < -0.4 is 10.9 Å². The minimum absolute atomic E-state index is 0.0503. The average Bonchev–Trinajstić information content (AvgIpc) is 3.21. The second-order valence-corrected chi connectivity index (χ2v) is 9.17. The van der Waals surface area contributed by atoms with Crippen LogP contribution in [0.3, 0.4) is 0 Å². The highest BCUT2D eigenvalue weighted by Gasteiger charge is 2.45. The number of halogens is 3. The van der Waals surface area contributed by atoms with Crippen LogP contribution in [-0.2, 0) is 39.6 Å². The number of hydrogen-bond donors (Lipinski definition) is 3. The van der Waals surface area contributed by atoms with E-state index in [0.29, 0.717) is 5.56 Å². The van der Waals surface area contributed by atoms with Crippen LogP contribution in [-0.4, -0.2) is 37.7 Å². The highest BCUT2D eigenvalue weighted by Crippen LogP contribution is 2.41. The lowest BCUT2D eigenvalue weighted by atomic mass is 9.86. The summed E-state index contributed by atoms with van der Waals surface area (Å²) in [4.78, 5) is 42.2. The predicted octanol–water partition coefficient (Wildman–Crippen LogP) is 2.01. The zero-order valence-corrected chi connectivity index (χ0v) is 19.9. The van der Waals surface area contributed by atoms with E-state index in [1.165, 1.54) is 17.6 Å². The predicted molar refractivity (Wildman–Crippen MR) is 123 cm³/mol. The summed E-state index contributed by atoms with van der Waals surface area (Å²) < 4.78 is 35.9. The molecule has 1 aromatic carbocycles. The number of hydrogen-bond acceptors (Lipinski definition) is 7. The fourth-order valence-corrected chi connectivity index (χ4v) is 4.90. The maximum atomic E-state index is 15.2. The Hall–Kier alpha value is -3.41. The molecule has 4 heterocycles. The van der Waals surface area contributed by atoms with Crippen molar-refractivity contribution in [1.82, 2.24) is 14.9 Å². The SMILES string of the molecule is CC[C@@]1(O)C(=O)OCc2c1cc1n(c2=O)Cc2c-1nc1cc(F)c(Cl)c(F)c1c2CNC(=O)[C@@H](C)O. The summed E-state index contributed by atoms with van der Waals surface area (Å²) in [5.74, 6) is -3.73. The molecule has 12 heteroatoms. The van der Waals surface area contributed by atoms with Gasteiger partial charge in [0.05, 0.1) is 29.0 Å². The van der Waals surface area contributed by atoms with Crippen LogP contribution in [0.25, 0.3) is 22.3 Å². The molecular weight excluding hydrogens is 500 g/mol. The number of carbonyl (C=O) groups is 2. The highest BCUT2D eigenvalue weighted by molar-refractivity contribution is 6.31. The number of amides is 1. The van der Waals surface area contributed by atoms with Gasteiger partial charge in [0.25, 0.3) is 5.56 Å². The van der Waals surface area contributed by atoms with E-state index < -0.39 is 45.8 Å². The van der Waals surface area contributed by atoms with Crippen molar-refractivity contribution < 1.29 is 33.3 Å². The van der Waals surface area contributed by atoms with E-state index in [1.807, 2.05) is 0 Å². The second-order valence-electron chi connectivity index (χ2n) is 8.79. The number of cyclic esters (lactones) is 1. The quantitative estimate of drug-likeness (QED) is 0.278. The summed E-state index contributed by atoms with van der Waals surface area (Å²) in [5, 5.41) is 22.2. The number of rotatable bonds is 4. The number of ether oxygens (including phenoxy) is 1. The van der Waals surface area contributed by atoms with Crippen molar-refractivity contribution in [3.8, 4) is 11.4 Å². The van der Waals surface area contributed by atoms with Gasteiger partial charge in [-0.3, -0.25) is 9.59 Å². The Bertz CT molecular complexity index is 1550. The number of esters is 1. The Morgan fingerprint density at radius 1 is 1.33 bits per heavy atom. The number of aliphatic hydroxyl groups excluding tert-OH is 1. The maximum absolute atomic E-state index is 15.2. The van der Waals surface area contributed by atoms with Gasteiger partial charge >= 0.3 is 5.97 Å². The minimum Gasteiger partial charge on any atom is -0.458 e. The van der Waals surface area contributed by atoms with Crippen LogP contribution in [0.1, 0.15) is 42.5 Å². The molecule has 2 atom stereocenters. The van der Waals surface area contributed by atoms with E-state index in [1.54, 1.807) is 6.92 Å². The van der Waals surface area contributed by atoms with Gasteiger partial charge in [0.1, 0.15) is 23.6 Å². The van der Waals surface area contributed by atoms with Crippen LogP contribution >= 0.6 is 11.6 Å². The molecule has 36 heavy (non-hydrogen) atoms. The number of pyridine rings is 2. The Morgan fingerprint density at radius 2 is 2.06 bits per heavy atom. The van der Waals surface area contributed by atoms with Gasteiger partial charge in [-0.05, 0) is 25.0 Å². The lowest BCUT2D eigenvalue weighted by molar-refractivity contribution is -0.172. The average molecular weight is 520 g/mol.